The number of anilines is 1. The molecule has 2 heterocycles. The molecule has 0 fully saturated rings. The average molecular weight is 294 g/mol. The van der Waals surface area contributed by atoms with Gasteiger partial charge in [-0.1, -0.05) is 23.2 Å². The van der Waals surface area contributed by atoms with Crippen molar-refractivity contribution in [2.75, 3.05) is 11.9 Å². The highest BCUT2D eigenvalue weighted by atomic mass is 35.5. The van der Waals surface area contributed by atoms with Gasteiger partial charge in [0.05, 0.1) is 5.56 Å². The van der Waals surface area contributed by atoms with Crippen molar-refractivity contribution in [3.8, 4) is 6.07 Å². The smallest absolute Gasteiger partial charge is 0.137 e. The zero-order valence-electron chi connectivity index (χ0n) is 9.77. The summed E-state index contributed by atoms with van der Waals surface area (Å²) in [6.45, 7) is 0.589. The molecule has 0 unspecified atom stereocenters. The fraction of sp³-hybridized carbons (Fsp3) is 0.167. The second-order valence-electron chi connectivity index (χ2n) is 3.65. The summed E-state index contributed by atoms with van der Waals surface area (Å²) >= 11 is 11.9. The lowest BCUT2D eigenvalue weighted by Crippen LogP contribution is -2.07. The minimum atomic E-state index is 0.356. The van der Waals surface area contributed by atoms with Gasteiger partial charge < -0.3 is 5.32 Å². The Hall–Kier alpha value is -1.90. The molecule has 0 bridgehead atoms. The number of nitriles is 1. The van der Waals surface area contributed by atoms with Gasteiger partial charge in [-0.3, -0.25) is 0 Å². The summed E-state index contributed by atoms with van der Waals surface area (Å²) < 4.78 is 0. The highest BCUT2D eigenvalue weighted by molar-refractivity contribution is 6.34. The Balaban J connectivity index is 1.95. The van der Waals surface area contributed by atoms with Crippen molar-refractivity contribution in [1.82, 2.24) is 15.0 Å². The summed E-state index contributed by atoms with van der Waals surface area (Å²) in [5.41, 5.74) is 1.22. The van der Waals surface area contributed by atoms with Crippen LogP contribution in [0.1, 0.15) is 11.1 Å². The molecular formula is C12H9Cl2N5. The van der Waals surface area contributed by atoms with Gasteiger partial charge in [-0.05, 0) is 18.6 Å². The highest BCUT2D eigenvalue weighted by Crippen LogP contribution is 2.20. The summed E-state index contributed by atoms with van der Waals surface area (Å²) in [5.74, 6) is 0.683. The van der Waals surface area contributed by atoms with E-state index in [1.807, 2.05) is 6.07 Å². The first-order chi connectivity index (χ1) is 9.20. The Bertz CT molecular complexity index is 586. The Kier molecular flexibility index (Phi) is 4.50. The maximum absolute atomic E-state index is 8.66. The first-order valence-electron chi connectivity index (χ1n) is 5.45. The number of aromatic nitrogens is 3. The quantitative estimate of drug-likeness (QED) is 0.877. The molecule has 0 aliphatic carbocycles. The van der Waals surface area contributed by atoms with Crippen LogP contribution in [0.3, 0.4) is 0 Å². The van der Waals surface area contributed by atoms with Crippen LogP contribution in [-0.4, -0.2) is 21.5 Å². The van der Waals surface area contributed by atoms with E-state index in [1.54, 1.807) is 12.1 Å². The summed E-state index contributed by atoms with van der Waals surface area (Å²) in [6, 6.07) is 5.44. The molecule has 0 radical (unpaired) electrons. The molecular weight excluding hydrogens is 285 g/mol. The van der Waals surface area contributed by atoms with Crippen molar-refractivity contribution < 1.29 is 0 Å². The van der Waals surface area contributed by atoms with Gasteiger partial charge >= 0.3 is 0 Å². The van der Waals surface area contributed by atoms with Gasteiger partial charge in [0.1, 0.15) is 28.5 Å². The normalized spacial score (nSPS) is 9.95. The number of nitrogens with zero attached hydrogens (tertiary/aromatic N) is 4. The molecule has 0 aromatic carbocycles. The van der Waals surface area contributed by atoms with E-state index in [9.17, 15) is 0 Å². The van der Waals surface area contributed by atoms with E-state index in [4.69, 9.17) is 28.5 Å². The second kappa shape index (κ2) is 6.32. The number of nitrogens with one attached hydrogen (secondary N) is 1. The van der Waals surface area contributed by atoms with Crippen LogP contribution in [0.15, 0.2) is 24.7 Å². The van der Waals surface area contributed by atoms with Crippen LogP contribution in [0.25, 0.3) is 0 Å². The second-order valence-corrected chi connectivity index (χ2v) is 4.37. The lowest BCUT2D eigenvalue weighted by molar-refractivity contribution is 0.971. The molecule has 19 heavy (non-hydrogen) atoms. The van der Waals surface area contributed by atoms with Crippen molar-refractivity contribution in [2.45, 2.75) is 6.42 Å². The van der Waals surface area contributed by atoms with E-state index in [2.05, 4.69) is 20.3 Å². The van der Waals surface area contributed by atoms with Gasteiger partial charge in [0.2, 0.25) is 0 Å². The molecule has 0 atom stereocenters. The Morgan fingerprint density at radius 3 is 2.47 bits per heavy atom. The zero-order valence-corrected chi connectivity index (χ0v) is 11.3. The number of pyridine rings is 1. The summed E-state index contributed by atoms with van der Waals surface area (Å²) in [5, 5.41) is 12.5. The van der Waals surface area contributed by atoms with Gasteiger partial charge in [-0.2, -0.15) is 5.26 Å². The number of hydrogen-bond donors (Lipinski definition) is 1. The standard InChI is InChI=1S/C12H9Cl2N5/c13-11-9(12(14)19-7-18-11)3-4-16-10-2-1-8(5-15)6-17-10/h1-2,6-7H,3-4H2,(H,16,17). The predicted octanol–water partition coefficient (Wildman–Crippen LogP) is 2.70. The molecule has 7 heteroatoms. The van der Waals surface area contributed by atoms with Crippen LogP contribution >= 0.6 is 23.2 Å². The van der Waals surface area contributed by atoms with Crippen LogP contribution < -0.4 is 5.32 Å². The molecule has 1 N–H and O–H groups in total. The molecule has 2 aromatic heterocycles. The van der Waals surface area contributed by atoms with Gasteiger partial charge in [0, 0.05) is 18.3 Å². The monoisotopic (exact) mass is 293 g/mol. The third-order valence-corrected chi connectivity index (χ3v) is 3.07. The molecule has 5 nitrogen and oxygen atoms in total. The van der Waals surface area contributed by atoms with Gasteiger partial charge in [0.25, 0.3) is 0 Å². The van der Waals surface area contributed by atoms with E-state index in [1.165, 1.54) is 12.5 Å². The lowest BCUT2D eigenvalue weighted by atomic mass is 10.2. The largest absolute Gasteiger partial charge is 0.370 e. The van der Waals surface area contributed by atoms with E-state index in [0.717, 1.165) is 0 Å². The Morgan fingerprint density at radius 1 is 1.16 bits per heavy atom. The Labute approximate surface area is 120 Å². The molecule has 0 amide bonds. The molecule has 0 aliphatic rings. The summed E-state index contributed by atoms with van der Waals surface area (Å²) in [6.07, 6.45) is 3.41. The topological polar surface area (TPSA) is 74.5 Å². The van der Waals surface area contributed by atoms with Crippen LogP contribution in [0.4, 0.5) is 5.82 Å². The van der Waals surface area contributed by atoms with Crippen molar-refractivity contribution in [3.05, 3.63) is 46.1 Å². The van der Waals surface area contributed by atoms with Crippen molar-refractivity contribution in [2.24, 2.45) is 0 Å². The number of hydrogen-bond acceptors (Lipinski definition) is 5. The lowest BCUT2D eigenvalue weighted by Gasteiger charge is -2.07. The third kappa shape index (κ3) is 3.53. The maximum Gasteiger partial charge on any atom is 0.137 e. The molecule has 0 saturated heterocycles. The fourth-order valence-corrected chi connectivity index (χ4v) is 1.96. The van der Waals surface area contributed by atoms with Crippen LogP contribution in [0.2, 0.25) is 10.3 Å². The van der Waals surface area contributed by atoms with E-state index in [-0.39, 0.29) is 0 Å². The summed E-state index contributed by atoms with van der Waals surface area (Å²) in [7, 11) is 0. The molecule has 2 aromatic rings. The van der Waals surface area contributed by atoms with Gasteiger partial charge in [-0.25, -0.2) is 15.0 Å². The first-order valence-corrected chi connectivity index (χ1v) is 6.21. The maximum atomic E-state index is 8.66. The fourth-order valence-electron chi connectivity index (χ4n) is 1.46. The van der Waals surface area contributed by atoms with Crippen LogP contribution in [-0.2, 0) is 6.42 Å². The minimum Gasteiger partial charge on any atom is -0.370 e. The predicted molar refractivity (Wildman–Crippen MR) is 73.2 cm³/mol. The molecule has 0 spiro atoms. The molecule has 96 valence electrons. The zero-order chi connectivity index (χ0) is 13.7. The average Bonchev–Trinajstić information content (AvgIpc) is 2.43. The van der Waals surface area contributed by atoms with Crippen molar-refractivity contribution >= 4 is 29.0 Å². The number of halogens is 2. The van der Waals surface area contributed by atoms with E-state index in [0.29, 0.717) is 40.2 Å². The van der Waals surface area contributed by atoms with Crippen LogP contribution in [0.5, 0.6) is 0 Å². The van der Waals surface area contributed by atoms with E-state index >= 15 is 0 Å². The molecule has 2 rings (SSSR count). The third-order valence-electron chi connectivity index (χ3n) is 2.41. The highest BCUT2D eigenvalue weighted by Gasteiger charge is 2.07. The SMILES string of the molecule is N#Cc1ccc(NCCc2c(Cl)ncnc2Cl)nc1. The van der Waals surface area contributed by atoms with Gasteiger partial charge in [-0.15, -0.1) is 0 Å². The van der Waals surface area contributed by atoms with Gasteiger partial charge in [0.15, 0.2) is 0 Å². The summed E-state index contributed by atoms with van der Waals surface area (Å²) in [4.78, 5) is 11.9. The van der Waals surface area contributed by atoms with Crippen molar-refractivity contribution in [3.63, 3.8) is 0 Å². The first kappa shape index (κ1) is 13.5. The minimum absolute atomic E-state index is 0.356. The van der Waals surface area contributed by atoms with E-state index < -0.39 is 0 Å². The van der Waals surface area contributed by atoms with Crippen LogP contribution in [0, 0.1) is 11.3 Å². The Morgan fingerprint density at radius 2 is 1.89 bits per heavy atom. The molecule has 0 aliphatic heterocycles. The molecule has 0 saturated carbocycles. The number of rotatable bonds is 4. The van der Waals surface area contributed by atoms with Crippen molar-refractivity contribution in [1.29, 1.82) is 5.26 Å².